The molecule has 1 aromatic heterocycles. The van der Waals surface area contributed by atoms with Crippen molar-refractivity contribution in [3.8, 4) is 0 Å². The highest BCUT2D eigenvalue weighted by Gasteiger charge is 2.39. The Morgan fingerprint density at radius 1 is 1.25 bits per heavy atom. The summed E-state index contributed by atoms with van der Waals surface area (Å²) in [5, 5.41) is 0.869. The number of halogens is 2. The second-order valence-corrected chi connectivity index (χ2v) is 7.51. The minimum atomic E-state index is -0.356. The molecule has 0 unspecified atom stereocenters. The molecule has 1 N–H and O–H groups in total. The fraction of sp³-hybridized carbons (Fsp3) is 0.500. The third-order valence-corrected chi connectivity index (χ3v) is 6.05. The Morgan fingerprint density at radius 2 is 1.96 bits per heavy atom. The van der Waals surface area contributed by atoms with Crippen molar-refractivity contribution in [2.24, 2.45) is 0 Å². The van der Waals surface area contributed by atoms with E-state index in [1.165, 1.54) is 31.6 Å². The molecule has 1 aromatic carbocycles. The molecule has 2 saturated heterocycles. The average molecular weight is 350 g/mol. The smallest absolute Gasteiger partial charge is 0.271 e. The minimum absolute atomic E-state index is 0.0951. The van der Waals surface area contributed by atoms with E-state index in [2.05, 4.69) is 16.8 Å². The second kappa shape index (κ2) is 5.74. The molecule has 0 saturated carbocycles. The van der Waals surface area contributed by atoms with Crippen LogP contribution >= 0.6 is 11.6 Å². The Labute approximate surface area is 145 Å². The number of carbonyl (C=O) groups excluding carboxylic acids is 1. The summed E-state index contributed by atoms with van der Waals surface area (Å²) in [5.41, 5.74) is 1.26. The number of aromatic nitrogens is 1. The molecule has 2 aliphatic heterocycles. The van der Waals surface area contributed by atoms with Crippen LogP contribution in [0.1, 0.15) is 36.7 Å². The van der Waals surface area contributed by atoms with Crippen molar-refractivity contribution in [2.45, 2.75) is 31.7 Å². The Kier molecular flexibility index (Phi) is 3.81. The molecule has 0 radical (unpaired) electrons. The van der Waals surface area contributed by atoms with Crippen LogP contribution in [-0.2, 0) is 0 Å². The number of H-pyrrole nitrogens is 1. The highest BCUT2D eigenvalue weighted by molar-refractivity contribution is 6.38. The van der Waals surface area contributed by atoms with Crippen molar-refractivity contribution < 1.29 is 9.18 Å². The molecule has 128 valence electrons. The van der Waals surface area contributed by atoms with Crippen molar-refractivity contribution in [1.29, 1.82) is 0 Å². The largest absolute Gasteiger partial charge is 0.349 e. The molecule has 0 bridgehead atoms. The van der Waals surface area contributed by atoms with Crippen LogP contribution in [0.4, 0.5) is 4.39 Å². The summed E-state index contributed by atoms with van der Waals surface area (Å²) in [6.45, 7) is 6.10. The van der Waals surface area contributed by atoms with Gasteiger partial charge < -0.3 is 9.88 Å². The van der Waals surface area contributed by atoms with E-state index in [0.29, 0.717) is 21.6 Å². The number of rotatable bonds is 2. The standard InChI is InChI=1S/C18H21ClFN3O/c1-18(23-7-2-8-23)5-9-22(10-6-18)17(24)16-15(19)13-11-12(20)3-4-14(13)21-16/h3-4,11,21H,2,5-10H2,1H3. The monoisotopic (exact) mass is 349 g/mol. The minimum Gasteiger partial charge on any atom is -0.349 e. The zero-order valence-electron chi connectivity index (χ0n) is 13.7. The predicted octanol–water partition coefficient (Wildman–Crippen LogP) is 3.66. The van der Waals surface area contributed by atoms with Gasteiger partial charge in [-0.25, -0.2) is 4.39 Å². The summed E-state index contributed by atoms with van der Waals surface area (Å²) in [5.74, 6) is -0.451. The number of hydrogen-bond acceptors (Lipinski definition) is 2. The lowest BCUT2D eigenvalue weighted by Gasteiger charge is -2.50. The van der Waals surface area contributed by atoms with Gasteiger partial charge in [-0.2, -0.15) is 0 Å². The van der Waals surface area contributed by atoms with Crippen molar-refractivity contribution in [2.75, 3.05) is 26.2 Å². The molecule has 0 spiro atoms. The molecule has 2 aliphatic rings. The lowest BCUT2D eigenvalue weighted by molar-refractivity contribution is -0.00384. The van der Waals surface area contributed by atoms with Gasteiger partial charge in [-0.3, -0.25) is 9.69 Å². The third-order valence-electron chi connectivity index (χ3n) is 5.66. The molecule has 2 fully saturated rings. The molecule has 4 nitrogen and oxygen atoms in total. The Bertz CT molecular complexity index is 791. The number of hydrogen-bond donors (Lipinski definition) is 1. The number of piperidine rings is 1. The van der Waals surface area contributed by atoms with E-state index in [0.717, 1.165) is 25.9 Å². The van der Waals surface area contributed by atoms with Crippen molar-refractivity contribution in [3.63, 3.8) is 0 Å². The molecule has 3 heterocycles. The van der Waals surface area contributed by atoms with Crippen molar-refractivity contribution in [1.82, 2.24) is 14.8 Å². The molecule has 6 heteroatoms. The first-order valence-corrected chi connectivity index (χ1v) is 8.87. The number of carbonyl (C=O) groups is 1. The number of amides is 1. The zero-order valence-corrected chi connectivity index (χ0v) is 14.5. The van der Waals surface area contributed by atoms with E-state index in [-0.39, 0.29) is 17.3 Å². The van der Waals surface area contributed by atoms with Crippen LogP contribution in [0.3, 0.4) is 0 Å². The molecule has 2 aromatic rings. The Balaban J connectivity index is 1.53. The quantitative estimate of drug-likeness (QED) is 0.898. The first-order valence-electron chi connectivity index (χ1n) is 8.49. The summed E-state index contributed by atoms with van der Waals surface area (Å²) >= 11 is 6.33. The molecule has 4 rings (SSSR count). The number of nitrogens with one attached hydrogen (secondary N) is 1. The van der Waals surface area contributed by atoms with Crippen molar-refractivity contribution in [3.05, 3.63) is 34.7 Å². The number of aromatic amines is 1. The van der Waals surface area contributed by atoms with E-state index in [9.17, 15) is 9.18 Å². The highest BCUT2D eigenvalue weighted by atomic mass is 35.5. The third kappa shape index (κ3) is 2.50. The van der Waals surface area contributed by atoms with Crippen LogP contribution in [0.2, 0.25) is 5.02 Å². The average Bonchev–Trinajstić information content (AvgIpc) is 2.82. The van der Waals surface area contributed by atoms with Gasteiger partial charge in [-0.15, -0.1) is 0 Å². The molecular weight excluding hydrogens is 329 g/mol. The van der Waals surface area contributed by atoms with Crippen LogP contribution in [-0.4, -0.2) is 52.4 Å². The lowest BCUT2D eigenvalue weighted by atomic mass is 9.85. The maximum absolute atomic E-state index is 13.4. The molecule has 24 heavy (non-hydrogen) atoms. The van der Waals surface area contributed by atoms with Crippen LogP contribution in [0.15, 0.2) is 18.2 Å². The number of likely N-dealkylation sites (tertiary alicyclic amines) is 2. The van der Waals surface area contributed by atoms with E-state index in [1.54, 1.807) is 6.07 Å². The van der Waals surface area contributed by atoms with E-state index >= 15 is 0 Å². The van der Waals surface area contributed by atoms with Gasteiger partial charge in [0.2, 0.25) is 0 Å². The second-order valence-electron chi connectivity index (χ2n) is 7.13. The first-order chi connectivity index (χ1) is 11.5. The van der Waals surface area contributed by atoms with Crippen molar-refractivity contribution >= 4 is 28.4 Å². The molecule has 1 amide bonds. The van der Waals surface area contributed by atoms with Gasteiger partial charge in [-0.1, -0.05) is 11.6 Å². The fourth-order valence-corrected chi connectivity index (χ4v) is 4.08. The van der Waals surface area contributed by atoms with E-state index < -0.39 is 0 Å². The maximum Gasteiger partial charge on any atom is 0.271 e. The van der Waals surface area contributed by atoms with Crippen LogP contribution in [0, 0.1) is 5.82 Å². The van der Waals surface area contributed by atoms with Crippen LogP contribution in [0.25, 0.3) is 10.9 Å². The number of benzene rings is 1. The lowest BCUT2D eigenvalue weighted by Crippen LogP contribution is -2.58. The van der Waals surface area contributed by atoms with Gasteiger partial charge in [0, 0.05) is 29.5 Å². The van der Waals surface area contributed by atoms with E-state index in [1.807, 2.05) is 4.90 Å². The SMILES string of the molecule is CC1(N2CCC2)CCN(C(=O)c2[nH]c3ccc(F)cc3c2Cl)CC1. The first kappa shape index (κ1) is 15.9. The van der Waals surface area contributed by atoms with Crippen LogP contribution < -0.4 is 0 Å². The van der Waals surface area contributed by atoms with Gasteiger partial charge in [-0.05, 0) is 57.5 Å². The molecule has 0 atom stereocenters. The van der Waals surface area contributed by atoms with Gasteiger partial charge >= 0.3 is 0 Å². The summed E-state index contributed by atoms with van der Waals surface area (Å²) < 4.78 is 13.4. The van der Waals surface area contributed by atoms with Gasteiger partial charge in [0.15, 0.2) is 0 Å². The maximum atomic E-state index is 13.4. The molecule has 0 aliphatic carbocycles. The Morgan fingerprint density at radius 3 is 2.58 bits per heavy atom. The van der Waals surface area contributed by atoms with Gasteiger partial charge in [0.1, 0.15) is 11.5 Å². The normalized spacial score (nSPS) is 21.0. The summed E-state index contributed by atoms with van der Waals surface area (Å²) in [7, 11) is 0. The fourth-order valence-electron chi connectivity index (χ4n) is 3.80. The Hall–Kier alpha value is -1.59. The van der Waals surface area contributed by atoms with E-state index in [4.69, 9.17) is 11.6 Å². The number of fused-ring (bicyclic) bond motifs is 1. The zero-order chi connectivity index (χ0) is 16.9. The van der Waals surface area contributed by atoms with Crippen LogP contribution in [0.5, 0.6) is 0 Å². The van der Waals surface area contributed by atoms with Gasteiger partial charge in [0.25, 0.3) is 5.91 Å². The highest BCUT2D eigenvalue weighted by Crippen LogP contribution is 2.34. The summed E-state index contributed by atoms with van der Waals surface area (Å²) in [6, 6.07) is 4.34. The molecular formula is C18H21ClFN3O. The number of nitrogens with zero attached hydrogens (tertiary/aromatic N) is 2. The topological polar surface area (TPSA) is 39.3 Å². The predicted molar refractivity (Wildman–Crippen MR) is 93.0 cm³/mol. The summed E-state index contributed by atoms with van der Waals surface area (Å²) in [4.78, 5) is 20.3. The van der Waals surface area contributed by atoms with Gasteiger partial charge in [0.05, 0.1) is 5.02 Å². The summed E-state index contributed by atoms with van der Waals surface area (Å²) in [6.07, 6.45) is 3.23.